The Morgan fingerprint density at radius 1 is 0.955 bits per heavy atom. The number of hydrogen-bond donors (Lipinski definition) is 4. The van der Waals surface area contributed by atoms with Gasteiger partial charge in [-0.05, 0) is 70.8 Å². The molecule has 1 aliphatic rings. The molecule has 3 heterocycles. The molecule has 0 unspecified atom stereocenters. The number of thiophene rings is 1. The van der Waals surface area contributed by atoms with Crippen LogP contribution >= 0.6 is 11.3 Å². The van der Waals surface area contributed by atoms with E-state index in [0.717, 1.165) is 21.6 Å². The first-order valence-electron chi connectivity index (χ1n) is 14.6. The second-order valence-corrected chi connectivity index (χ2v) is 12.4. The number of anilines is 1. The van der Waals surface area contributed by atoms with Gasteiger partial charge in [0, 0.05) is 51.8 Å². The van der Waals surface area contributed by atoms with E-state index in [1.807, 2.05) is 51.3 Å². The van der Waals surface area contributed by atoms with Gasteiger partial charge in [-0.25, -0.2) is 9.78 Å². The highest BCUT2D eigenvalue weighted by Crippen LogP contribution is 2.43. The zero-order chi connectivity index (χ0) is 31.5. The lowest BCUT2D eigenvalue weighted by molar-refractivity contribution is 0.0691. The summed E-state index contributed by atoms with van der Waals surface area (Å²) in [6.07, 6.45) is 0.706. The van der Waals surface area contributed by atoms with E-state index in [1.165, 1.54) is 12.1 Å². The second kappa shape index (κ2) is 13.0. The number of benzene rings is 2. The third-order valence-electron chi connectivity index (χ3n) is 7.79. The summed E-state index contributed by atoms with van der Waals surface area (Å²) < 4.78 is 6.11. The number of nitrogens with two attached hydrogens (primary N) is 1. The normalized spacial score (nSPS) is 12.4. The minimum Gasteiger partial charge on any atom is -0.493 e. The average Bonchev–Trinajstić information content (AvgIpc) is 3.40. The molecule has 0 saturated heterocycles. The van der Waals surface area contributed by atoms with Crippen molar-refractivity contribution in [1.82, 2.24) is 10.3 Å². The van der Waals surface area contributed by atoms with E-state index in [0.29, 0.717) is 36.6 Å². The Balaban J connectivity index is 1.62. The average molecular weight is 613 g/mol. The molecule has 4 aromatic rings. The van der Waals surface area contributed by atoms with Crippen LogP contribution in [0.15, 0.2) is 60.0 Å². The molecular formula is C34H36N4O5S. The first-order valence-corrected chi connectivity index (χ1v) is 15.5. The molecule has 5 rings (SSSR count). The van der Waals surface area contributed by atoms with E-state index in [1.54, 1.807) is 35.6 Å². The van der Waals surface area contributed by atoms with Crippen molar-refractivity contribution in [2.75, 3.05) is 11.9 Å². The van der Waals surface area contributed by atoms with Crippen LogP contribution in [0.4, 0.5) is 5.69 Å². The quantitative estimate of drug-likeness (QED) is 0.175. The molecule has 0 bridgehead atoms. The number of aromatic carboxylic acids is 1. The lowest BCUT2D eigenvalue weighted by Crippen LogP contribution is -2.42. The molecule has 0 spiro atoms. The van der Waals surface area contributed by atoms with Gasteiger partial charge < -0.3 is 26.2 Å². The Morgan fingerprint density at radius 2 is 1.68 bits per heavy atom. The van der Waals surface area contributed by atoms with Crippen LogP contribution in [0.1, 0.15) is 70.2 Å². The van der Waals surface area contributed by atoms with Crippen LogP contribution < -0.4 is 21.1 Å². The van der Waals surface area contributed by atoms with Crippen LogP contribution in [-0.2, 0) is 13.0 Å². The number of aromatic nitrogens is 1. The van der Waals surface area contributed by atoms with Crippen LogP contribution in [0.3, 0.4) is 0 Å². The number of rotatable bonds is 9. The Labute approximate surface area is 260 Å². The van der Waals surface area contributed by atoms with Gasteiger partial charge in [-0.2, -0.15) is 0 Å². The standard InChI is InChI=1S/C34H36N4O5S/c1-18(2)29(19(3)4)38-33(40)27-10-9-23(30(37-27)34(41)42)24-16-28-26(31-21(11-13-43-28)12-14-44-31)15-25(24)32(39)36-22-7-5-20(17-35)6-8-22/h5-10,12,14-16,18-19,29H,11,13,17,35H2,1-4H3,(H,36,39)(H,38,40)(H,41,42). The summed E-state index contributed by atoms with van der Waals surface area (Å²) in [6.45, 7) is 8.88. The highest BCUT2D eigenvalue weighted by Gasteiger charge is 2.27. The van der Waals surface area contributed by atoms with Crippen molar-refractivity contribution in [3.63, 3.8) is 0 Å². The smallest absolute Gasteiger partial charge is 0.355 e. The molecule has 2 amide bonds. The van der Waals surface area contributed by atoms with Gasteiger partial charge >= 0.3 is 5.97 Å². The third kappa shape index (κ3) is 6.36. The van der Waals surface area contributed by atoms with Crippen molar-refractivity contribution < 1.29 is 24.2 Å². The lowest BCUT2D eigenvalue weighted by Gasteiger charge is -2.26. The molecule has 2 aromatic heterocycles. The summed E-state index contributed by atoms with van der Waals surface area (Å²) in [4.78, 5) is 44.9. The van der Waals surface area contributed by atoms with Crippen LogP contribution in [-0.4, -0.2) is 40.5 Å². The molecule has 0 atom stereocenters. The highest BCUT2D eigenvalue weighted by atomic mass is 32.1. The number of carbonyl (C=O) groups is 3. The third-order valence-corrected chi connectivity index (χ3v) is 8.78. The number of ether oxygens (including phenoxy) is 1. The first kappa shape index (κ1) is 30.9. The molecule has 44 heavy (non-hydrogen) atoms. The van der Waals surface area contributed by atoms with Crippen molar-refractivity contribution >= 4 is 34.8 Å². The fourth-order valence-corrected chi connectivity index (χ4v) is 6.52. The van der Waals surface area contributed by atoms with Crippen LogP contribution in [0.25, 0.3) is 21.6 Å². The summed E-state index contributed by atoms with van der Waals surface area (Å²) >= 11 is 1.56. The molecule has 228 valence electrons. The van der Waals surface area contributed by atoms with Gasteiger partial charge in [0.25, 0.3) is 11.8 Å². The molecule has 0 radical (unpaired) electrons. The van der Waals surface area contributed by atoms with E-state index >= 15 is 0 Å². The first-order chi connectivity index (χ1) is 21.1. The number of fused-ring (bicyclic) bond motifs is 3. The molecule has 9 nitrogen and oxygen atoms in total. The van der Waals surface area contributed by atoms with Gasteiger partial charge in [0.15, 0.2) is 5.69 Å². The van der Waals surface area contributed by atoms with Crippen molar-refractivity contribution in [2.24, 2.45) is 17.6 Å². The van der Waals surface area contributed by atoms with Crippen LogP contribution in [0, 0.1) is 11.8 Å². The molecule has 0 saturated carbocycles. The van der Waals surface area contributed by atoms with E-state index in [4.69, 9.17) is 10.5 Å². The summed E-state index contributed by atoms with van der Waals surface area (Å²) in [5, 5.41) is 18.2. The van der Waals surface area contributed by atoms with E-state index in [9.17, 15) is 19.5 Å². The van der Waals surface area contributed by atoms with Gasteiger partial charge in [-0.15, -0.1) is 11.3 Å². The van der Waals surface area contributed by atoms with Gasteiger partial charge in [0.05, 0.1) is 6.61 Å². The van der Waals surface area contributed by atoms with E-state index in [-0.39, 0.29) is 40.4 Å². The number of carbonyl (C=O) groups excluding carboxylic acids is 2. The predicted molar refractivity (Wildman–Crippen MR) is 172 cm³/mol. The van der Waals surface area contributed by atoms with Crippen molar-refractivity contribution in [3.05, 3.63) is 88.1 Å². The molecule has 2 aromatic carbocycles. The van der Waals surface area contributed by atoms with E-state index in [2.05, 4.69) is 15.6 Å². The largest absolute Gasteiger partial charge is 0.493 e. The predicted octanol–water partition coefficient (Wildman–Crippen LogP) is 6.23. The van der Waals surface area contributed by atoms with Gasteiger partial charge in [-0.3, -0.25) is 9.59 Å². The highest BCUT2D eigenvalue weighted by molar-refractivity contribution is 7.13. The maximum Gasteiger partial charge on any atom is 0.355 e. The van der Waals surface area contributed by atoms with Crippen molar-refractivity contribution in [1.29, 1.82) is 0 Å². The number of hydrogen-bond acceptors (Lipinski definition) is 7. The second-order valence-electron chi connectivity index (χ2n) is 11.5. The minimum atomic E-state index is -1.32. The topological polar surface area (TPSA) is 144 Å². The maximum atomic E-state index is 13.9. The van der Waals surface area contributed by atoms with Crippen molar-refractivity contribution in [3.8, 4) is 27.3 Å². The molecule has 1 aliphatic heterocycles. The number of nitrogens with zero attached hydrogens (tertiary/aromatic N) is 1. The number of carboxylic acid groups (broad SMARTS) is 1. The van der Waals surface area contributed by atoms with Crippen LogP contribution in [0.5, 0.6) is 5.75 Å². The molecule has 0 aliphatic carbocycles. The minimum absolute atomic E-state index is 0.0160. The number of pyridine rings is 1. The van der Waals surface area contributed by atoms with Gasteiger partial charge in [0.2, 0.25) is 0 Å². The van der Waals surface area contributed by atoms with Crippen LogP contribution in [0.2, 0.25) is 0 Å². The van der Waals surface area contributed by atoms with E-state index < -0.39 is 17.8 Å². The number of nitrogens with one attached hydrogen (secondary N) is 2. The fraction of sp³-hybridized carbons (Fsp3) is 0.294. The van der Waals surface area contributed by atoms with Gasteiger partial charge in [0.1, 0.15) is 11.4 Å². The Morgan fingerprint density at radius 3 is 2.34 bits per heavy atom. The summed E-state index contributed by atoms with van der Waals surface area (Å²) in [5.41, 5.74) is 9.51. The lowest BCUT2D eigenvalue weighted by atomic mass is 9.92. The molecule has 5 N–H and O–H groups in total. The zero-order valence-electron chi connectivity index (χ0n) is 25.1. The number of amides is 2. The SMILES string of the molecule is CC(C)C(NC(=O)c1ccc(-c2cc3c(cc2C(=O)Nc2ccc(CN)cc2)-c2sccc2CCO3)c(C(=O)O)n1)C(C)C. The molecule has 0 fully saturated rings. The van der Waals surface area contributed by atoms with Gasteiger partial charge in [-0.1, -0.05) is 39.8 Å². The maximum absolute atomic E-state index is 13.9. The molecule has 10 heteroatoms. The number of carboxylic acids is 1. The zero-order valence-corrected chi connectivity index (χ0v) is 26.0. The summed E-state index contributed by atoms with van der Waals surface area (Å²) in [6, 6.07) is 15.6. The Bertz CT molecular complexity index is 1700. The Hall–Kier alpha value is -4.54. The van der Waals surface area contributed by atoms with Crippen molar-refractivity contribution in [2.45, 2.75) is 46.7 Å². The fourth-order valence-electron chi connectivity index (χ4n) is 5.54. The summed E-state index contributed by atoms with van der Waals surface area (Å²) in [7, 11) is 0. The molecular weight excluding hydrogens is 576 g/mol. The Kier molecular flexibility index (Phi) is 9.12. The summed E-state index contributed by atoms with van der Waals surface area (Å²) in [5.74, 6) is -1.32. The monoisotopic (exact) mass is 612 g/mol.